The van der Waals surface area contributed by atoms with Crippen LogP contribution >= 0.6 is 0 Å². The quantitative estimate of drug-likeness (QED) is 0.440. The zero-order valence-electron chi connectivity index (χ0n) is 6.42. The fourth-order valence-electron chi connectivity index (χ4n) is 1.17. The van der Waals surface area contributed by atoms with Gasteiger partial charge in [-0.05, 0) is 6.42 Å². The highest BCUT2D eigenvalue weighted by atomic mass is 16.5. The monoisotopic (exact) mass is 152 g/mol. The molecule has 1 saturated heterocycles. The highest BCUT2D eigenvalue weighted by molar-refractivity contribution is 5.10. The predicted molar refractivity (Wildman–Crippen MR) is 42.9 cm³/mol. The zero-order valence-corrected chi connectivity index (χ0v) is 6.42. The van der Waals surface area contributed by atoms with E-state index in [0.29, 0.717) is 0 Å². The maximum absolute atomic E-state index is 8.45. The molecule has 60 valence electrons. The fourth-order valence-corrected chi connectivity index (χ4v) is 1.17. The van der Waals surface area contributed by atoms with Crippen molar-refractivity contribution in [2.45, 2.75) is 12.5 Å². The van der Waals surface area contributed by atoms with E-state index in [1.54, 1.807) is 6.08 Å². The van der Waals surface area contributed by atoms with E-state index >= 15 is 0 Å². The number of hydrogen-bond donors (Lipinski definition) is 1. The van der Waals surface area contributed by atoms with Crippen molar-refractivity contribution in [3.05, 3.63) is 12.7 Å². The summed E-state index contributed by atoms with van der Waals surface area (Å²) >= 11 is 0. The molecule has 0 aromatic carbocycles. The summed E-state index contributed by atoms with van der Waals surface area (Å²) in [4.78, 5) is 0. The first-order chi connectivity index (χ1) is 5.38. The summed E-state index contributed by atoms with van der Waals surface area (Å²) in [5.41, 5.74) is 0. The molecule has 0 saturated carbocycles. The van der Waals surface area contributed by atoms with Crippen LogP contribution in [0.2, 0.25) is 0 Å². The second-order valence-electron chi connectivity index (χ2n) is 2.45. The SMILES string of the molecule is C=C[C@@H]1OCC[C@@H]1C#CCO. The average Bonchev–Trinajstić information content (AvgIpc) is 2.47. The van der Waals surface area contributed by atoms with Gasteiger partial charge in [-0.1, -0.05) is 17.9 Å². The predicted octanol–water partition coefficient (Wildman–Crippen LogP) is 0.573. The Balaban J connectivity index is 2.49. The molecule has 0 aliphatic carbocycles. The molecule has 0 unspecified atom stereocenters. The number of rotatable bonds is 1. The number of hydrogen-bond acceptors (Lipinski definition) is 2. The molecule has 1 rings (SSSR count). The molecule has 0 radical (unpaired) electrons. The van der Waals surface area contributed by atoms with Crippen LogP contribution in [-0.4, -0.2) is 24.4 Å². The van der Waals surface area contributed by atoms with Crippen molar-refractivity contribution >= 4 is 0 Å². The van der Waals surface area contributed by atoms with E-state index in [1.165, 1.54) is 0 Å². The Bertz CT molecular complexity index is 187. The Kier molecular flexibility index (Phi) is 3.15. The molecule has 2 nitrogen and oxygen atoms in total. The van der Waals surface area contributed by atoms with Gasteiger partial charge in [-0.3, -0.25) is 0 Å². The highest BCUT2D eigenvalue weighted by Gasteiger charge is 2.23. The van der Waals surface area contributed by atoms with E-state index in [9.17, 15) is 0 Å². The largest absolute Gasteiger partial charge is 0.384 e. The van der Waals surface area contributed by atoms with E-state index in [2.05, 4.69) is 18.4 Å². The van der Waals surface area contributed by atoms with Gasteiger partial charge in [-0.2, -0.15) is 0 Å². The minimum absolute atomic E-state index is 0.0639. The molecule has 0 bridgehead atoms. The van der Waals surface area contributed by atoms with Crippen LogP contribution in [0.5, 0.6) is 0 Å². The first kappa shape index (κ1) is 8.32. The minimum atomic E-state index is -0.0691. The van der Waals surface area contributed by atoms with Gasteiger partial charge in [0.2, 0.25) is 0 Å². The smallest absolute Gasteiger partial charge is 0.104 e. The summed E-state index contributed by atoms with van der Waals surface area (Å²) in [6.45, 7) is 4.33. The van der Waals surface area contributed by atoms with Gasteiger partial charge < -0.3 is 9.84 Å². The van der Waals surface area contributed by atoms with Crippen molar-refractivity contribution in [3.8, 4) is 11.8 Å². The van der Waals surface area contributed by atoms with Crippen molar-refractivity contribution in [2.75, 3.05) is 13.2 Å². The summed E-state index contributed by atoms with van der Waals surface area (Å²) in [7, 11) is 0. The minimum Gasteiger partial charge on any atom is -0.384 e. The normalized spacial score (nSPS) is 29.2. The van der Waals surface area contributed by atoms with E-state index in [4.69, 9.17) is 9.84 Å². The van der Waals surface area contributed by atoms with Crippen LogP contribution < -0.4 is 0 Å². The summed E-state index contributed by atoms with van der Waals surface area (Å²) in [5.74, 6) is 5.80. The molecule has 0 amide bonds. The Morgan fingerprint density at radius 3 is 3.18 bits per heavy atom. The third-order valence-electron chi connectivity index (χ3n) is 1.73. The molecular formula is C9H12O2. The maximum Gasteiger partial charge on any atom is 0.104 e. The van der Waals surface area contributed by atoms with Crippen LogP contribution in [0.25, 0.3) is 0 Å². The van der Waals surface area contributed by atoms with Gasteiger partial charge in [0.25, 0.3) is 0 Å². The highest BCUT2D eigenvalue weighted by Crippen LogP contribution is 2.20. The van der Waals surface area contributed by atoms with Crippen LogP contribution in [0.3, 0.4) is 0 Å². The summed E-state index contributed by atoms with van der Waals surface area (Å²) in [6, 6.07) is 0. The first-order valence-electron chi connectivity index (χ1n) is 3.72. The zero-order chi connectivity index (χ0) is 8.10. The average molecular weight is 152 g/mol. The molecule has 1 heterocycles. The Morgan fingerprint density at radius 2 is 2.55 bits per heavy atom. The van der Waals surface area contributed by atoms with Gasteiger partial charge >= 0.3 is 0 Å². The van der Waals surface area contributed by atoms with E-state index in [1.807, 2.05) is 0 Å². The van der Waals surface area contributed by atoms with E-state index in [-0.39, 0.29) is 18.6 Å². The summed E-state index contributed by atoms with van der Waals surface area (Å²) in [6.07, 6.45) is 2.78. The number of aliphatic hydroxyl groups is 1. The van der Waals surface area contributed by atoms with Crippen LogP contribution in [-0.2, 0) is 4.74 Å². The molecule has 0 aromatic rings. The van der Waals surface area contributed by atoms with Crippen molar-refractivity contribution in [3.63, 3.8) is 0 Å². The van der Waals surface area contributed by atoms with Crippen LogP contribution in [0.4, 0.5) is 0 Å². The number of aliphatic hydroxyl groups excluding tert-OH is 1. The maximum atomic E-state index is 8.45. The Morgan fingerprint density at radius 1 is 1.73 bits per heavy atom. The second kappa shape index (κ2) is 4.17. The summed E-state index contributed by atoms with van der Waals surface area (Å²) < 4.78 is 5.31. The Labute approximate surface area is 66.9 Å². The van der Waals surface area contributed by atoms with Crippen molar-refractivity contribution in [1.29, 1.82) is 0 Å². The molecule has 11 heavy (non-hydrogen) atoms. The lowest BCUT2D eigenvalue weighted by molar-refractivity contribution is 0.137. The first-order valence-corrected chi connectivity index (χ1v) is 3.72. The molecule has 1 aliphatic rings. The van der Waals surface area contributed by atoms with Crippen molar-refractivity contribution < 1.29 is 9.84 Å². The lowest BCUT2D eigenvalue weighted by atomic mass is 10.0. The van der Waals surface area contributed by atoms with Gasteiger partial charge in [-0.15, -0.1) is 6.58 Å². The molecule has 1 N–H and O–H groups in total. The Hall–Kier alpha value is -0.780. The lowest BCUT2D eigenvalue weighted by Crippen LogP contribution is -2.10. The molecule has 0 aromatic heterocycles. The fraction of sp³-hybridized carbons (Fsp3) is 0.556. The lowest BCUT2D eigenvalue weighted by Gasteiger charge is -2.06. The third kappa shape index (κ3) is 2.07. The van der Waals surface area contributed by atoms with Gasteiger partial charge in [-0.25, -0.2) is 0 Å². The van der Waals surface area contributed by atoms with E-state index in [0.717, 1.165) is 13.0 Å². The van der Waals surface area contributed by atoms with Gasteiger partial charge in [0, 0.05) is 6.61 Å². The molecular weight excluding hydrogens is 140 g/mol. The molecule has 2 heteroatoms. The van der Waals surface area contributed by atoms with Gasteiger partial charge in [0.15, 0.2) is 0 Å². The molecule has 1 fully saturated rings. The van der Waals surface area contributed by atoms with Crippen LogP contribution in [0, 0.1) is 17.8 Å². The van der Waals surface area contributed by atoms with Crippen molar-refractivity contribution in [2.24, 2.45) is 5.92 Å². The third-order valence-corrected chi connectivity index (χ3v) is 1.73. The standard InChI is InChI=1S/C9H12O2/c1-2-9-8(4-3-6-10)5-7-11-9/h2,8-10H,1,5-7H2/t8-,9-/m0/s1. The number of ether oxygens (including phenoxy) is 1. The second-order valence-corrected chi connectivity index (χ2v) is 2.45. The van der Waals surface area contributed by atoms with Crippen LogP contribution in [0.15, 0.2) is 12.7 Å². The summed E-state index contributed by atoms with van der Waals surface area (Å²) in [5, 5.41) is 8.45. The molecule has 2 atom stereocenters. The topological polar surface area (TPSA) is 29.5 Å². The van der Waals surface area contributed by atoms with Crippen molar-refractivity contribution in [1.82, 2.24) is 0 Å². The van der Waals surface area contributed by atoms with Gasteiger partial charge in [0.05, 0.1) is 12.0 Å². The van der Waals surface area contributed by atoms with Crippen LogP contribution in [0.1, 0.15) is 6.42 Å². The van der Waals surface area contributed by atoms with Gasteiger partial charge in [0.1, 0.15) is 6.61 Å². The van der Waals surface area contributed by atoms with E-state index < -0.39 is 0 Å². The molecule has 0 spiro atoms. The molecule has 1 aliphatic heterocycles.